The number of hydrogen-bond donors (Lipinski definition) is 1. The molecule has 0 spiro atoms. The third kappa shape index (κ3) is 2.36. The second-order valence-corrected chi connectivity index (χ2v) is 4.46. The summed E-state index contributed by atoms with van der Waals surface area (Å²) in [6, 6.07) is 3.78. The molecule has 1 N–H and O–H groups in total. The maximum absolute atomic E-state index is 13.7. The Balaban J connectivity index is 2.61. The number of ether oxygens (including phenoxy) is 1. The highest BCUT2D eigenvalue weighted by atomic mass is 19.1. The number of methoxy groups -OCH3 is 1. The third-order valence-electron chi connectivity index (χ3n) is 3.31. The second-order valence-electron chi connectivity index (χ2n) is 4.46. The van der Waals surface area contributed by atoms with Crippen molar-refractivity contribution in [2.75, 3.05) is 19.1 Å². The average molecular weight is 278 g/mol. The molecule has 0 aliphatic heterocycles. The van der Waals surface area contributed by atoms with Crippen molar-refractivity contribution in [3.05, 3.63) is 30.2 Å². The van der Waals surface area contributed by atoms with Crippen LogP contribution in [0.4, 0.5) is 10.1 Å². The summed E-state index contributed by atoms with van der Waals surface area (Å²) in [5.74, 6) is -1.34. The van der Waals surface area contributed by atoms with Crippen LogP contribution in [0, 0.1) is 5.82 Å². The van der Waals surface area contributed by atoms with E-state index < -0.39 is 17.8 Å². The fourth-order valence-electron chi connectivity index (χ4n) is 1.97. The number of carboxylic acids is 1. The van der Waals surface area contributed by atoms with Gasteiger partial charge in [-0.05, 0) is 19.1 Å². The number of fused-ring (bicyclic) bond motifs is 1. The molecule has 0 aliphatic carbocycles. The Morgan fingerprint density at radius 2 is 2.20 bits per heavy atom. The van der Waals surface area contributed by atoms with Gasteiger partial charge in [-0.2, -0.15) is 0 Å². The number of aliphatic carboxylic acids is 1. The molecule has 1 unspecified atom stereocenters. The molecular weight excluding hydrogens is 263 g/mol. The molecule has 2 rings (SSSR count). The zero-order chi connectivity index (χ0) is 14.9. The van der Waals surface area contributed by atoms with Crippen LogP contribution in [0.3, 0.4) is 0 Å². The van der Waals surface area contributed by atoms with Gasteiger partial charge in [0.15, 0.2) is 11.6 Å². The summed E-state index contributed by atoms with van der Waals surface area (Å²) in [7, 11) is 3.05. The van der Waals surface area contributed by atoms with Crippen LogP contribution in [0.2, 0.25) is 0 Å². The van der Waals surface area contributed by atoms with E-state index in [0.717, 1.165) is 0 Å². The summed E-state index contributed by atoms with van der Waals surface area (Å²) in [5, 5.41) is 9.73. The lowest BCUT2D eigenvalue weighted by molar-refractivity contribution is -0.138. The van der Waals surface area contributed by atoms with Gasteiger partial charge in [-0.15, -0.1) is 0 Å². The Hall–Kier alpha value is -2.37. The number of carbonyl (C=O) groups is 1. The Morgan fingerprint density at radius 1 is 1.50 bits per heavy atom. The van der Waals surface area contributed by atoms with E-state index in [1.807, 2.05) is 0 Å². The van der Waals surface area contributed by atoms with Crippen molar-refractivity contribution < 1.29 is 19.0 Å². The fourth-order valence-corrected chi connectivity index (χ4v) is 1.97. The molecule has 0 radical (unpaired) electrons. The number of carboxylic acid groups (broad SMARTS) is 1. The number of aromatic nitrogens is 1. The number of likely N-dealkylation sites (N-methyl/N-ethyl adjacent to an activating group) is 1. The van der Waals surface area contributed by atoms with Crippen molar-refractivity contribution in [2.24, 2.45) is 0 Å². The van der Waals surface area contributed by atoms with Gasteiger partial charge in [-0.1, -0.05) is 0 Å². The van der Waals surface area contributed by atoms with Crippen molar-refractivity contribution in [1.82, 2.24) is 4.98 Å². The number of nitrogens with zero attached hydrogens (tertiary/aromatic N) is 2. The lowest BCUT2D eigenvalue weighted by atomic mass is 10.1. The van der Waals surface area contributed by atoms with E-state index in [2.05, 4.69) is 4.98 Å². The molecule has 1 aromatic carbocycles. The molecule has 0 fully saturated rings. The van der Waals surface area contributed by atoms with Crippen molar-refractivity contribution in [3.63, 3.8) is 0 Å². The lowest BCUT2D eigenvalue weighted by Crippen LogP contribution is -2.35. The molecule has 5 nitrogen and oxygen atoms in total. The largest absolute Gasteiger partial charge is 0.494 e. The summed E-state index contributed by atoms with van der Waals surface area (Å²) in [4.78, 5) is 16.8. The minimum atomic E-state index is -0.938. The van der Waals surface area contributed by atoms with Gasteiger partial charge in [0.2, 0.25) is 0 Å². The molecule has 1 aromatic heterocycles. The van der Waals surface area contributed by atoms with Crippen molar-refractivity contribution >= 4 is 22.6 Å². The monoisotopic (exact) mass is 278 g/mol. The predicted octanol–water partition coefficient (Wildman–Crippen LogP) is 2.29. The van der Waals surface area contributed by atoms with Gasteiger partial charge in [0.05, 0.1) is 12.6 Å². The van der Waals surface area contributed by atoms with Gasteiger partial charge in [0.25, 0.3) is 0 Å². The van der Waals surface area contributed by atoms with Crippen LogP contribution >= 0.6 is 0 Å². The number of rotatable bonds is 4. The Bertz CT molecular complexity index is 660. The quantitative estimate of drug-likeness (QED) is 0.929. The lowest BCUT2D eigenvalue weighted by Gasteiger charge is -2.25. The van der Waals surface area contributed by atoms with E-state index in [9.17, 15) is 9.18 Å². The van der Waals surface area contributed by atoms with Gasteiger partial charge >= 0.3 is 5.97 Å². The number of hydrogen-bond acceptors (Lipinski definition) is 4. The molecule has 106 valence electrons. The Morgan fingerprint density at radius 3 is 2.80 bits per heavy atom. The average Bonchev–Trinajstić information content (AvgIpc) is 2.44. The molecule has 0 saturated carbocycles. The maximum atomic E-state index is 13.7. The molecule has 0 amide bonds. The Labute approximate surface area is 115 Å². The minimum Gasteiger partial charge on any atom is -0.494 e. The highest BCUT2D eigenvalue weighted by molar-refractivity contribution is 5.94. The van der Waals surface area contributed by atoms with Crippen LogP contribution < -0.4 is 9.64 Å². The topological polar surface area (TPSA) is 62.7 Å². The van der Waals surface area contributed by atoms with E-state index in [0.29, 0.717) is 16.6 Å². The molecule has 1 heterocycles. The van der Waals surface area contributed by atoms with E-state index in [1.54, 1.807) is 24.9 Å². The molecule has 0 saturated heterocycles. The fraction of sp³-hybridized carbons (Fsp3) is 0.286. The number of benzene rings is 1. The van der Waals surface area contributed by atoms with Crippen LogP contribution in [-0.4, -0.2) is 36.3 Å². The summed E-state index contributed by atoms with van der Waals surface area (Å²) in [6.07, 6.45) is 1.52. The summed E-state index contributed by atoms with van der Waals surface area (Å²) in [5.41, 5.74) is 1.11. The van der Waals surface area contributed by atoms with Gasteiger partial charge in [0.1, 0.15) is 6.04 Å². The van der Waals surface area contributed by atoms with Crippen molar-refractivity contribution in [3.8, 4) is 5.75 Å². The number of halogens is 1. The molecule has 1 atom stereocenters. The van der Waals surface area contributed by atoms with Crippen LogP contribution in [-0.2, 0) is 4.79 Å². The first-order valence-corrected chi connectivity index (χ1v) is 6.03. The number of anilines is 1. The SMILES string of the molecule is COc1cc2c(N(C)C(C)C(=O)O)ccnc2cc1F. The third-order valence-corrected chi connectivity index (χ3v) is 3.31. The van der Waals surface area contributed by atoms with Gasteiger partial charge < -0.3 is 14.7 Å². The predicted molar refractivity (Wildman–Crippen MR) is 73.8 cm³/mol. The van der Waals surface area contributed by atoms with E-state index >= 15 is 0 Å². The smallest absolute Gasteiger partial charge is 0.326 e. The Kier molecular flexibility index (Phi) is 3.74. The molecule has 2 aromatic rings. The van der Waals surface area contributed by atoms with E-state index in [4.69, 9.17) is 9.84 Å². The van der Waals surface area contributed by atoms with Crippen LogP contribution in [0.25, 0.3) is 10.9 Å². The number of pyridine rings is 1. The first-order valence-electron chi connectivity index (χ1n) is 6.03. The molecule has 0 aliphatic rings. The second kappa shape index (κ2) is 5.32. The summed E-state index contributed by atoms with van der Waals surface area (Å²) < 4.78 is 18.6. The van der Waals surface area contributed by atoms with Gasteiger partial charge in [-0.3, -0.25) is 4.98 Å². The van der Waals surface area contributed by atoms with E-state index in [1.165, 1.54) is 25.4 Å². The molecule has 0 bridgehead atoms. The van der Waals surface area contributed by atoms with Gasteiger partial charge in [-0.25, -0.2) is 9.18 Å². The summed E-state index contributed by atoms with van der Waals surface area (Å²) >= 11 is 0. The zero-order valence-electron chi connectivity index (χ0n) is 11.4. The van der Waals surface area contributed by atoms with Crippen molar-refractivity contribution in [1.29, 1.82) is 0 Å². The standard InChI is InChI=1S/C14H15FN2O3/c1-8(14(18)19)17(2)12-4-5-16-11-7-10(15)13(20-3)6-9(11)12/h4-8H,1-3H3,(H,18,19). The first kappa shape index (κ1) is 14.0. The van der Waals surface area contributed by atoms with Crippen LogP contribution in [0.5, 0.6) is 5.75 Å². The first-order chi connectivity index (χ1) is 9.45. The van der Waals surface area contributed by atoms with Crippen molar-refractivity contribution in [2.45, 2.75) is 13.0 Å². The highest BCUT2D eigenvalue weighted by Crippen LogP contribution is 2.31. The molecule has 6 heteroatoms. The zero-order valence-corrected chi connectivity index (χ0v) is 11.4. The van der Waals surface area contributed by atoms with Gasteiger partial charge in [0, 0.05) is 30.4 Å². The van der Waals surface area contributed by atoms with E-state index in [-0.39, 0.29) is 5.75 Å². The summed E-state index contributed by atoms with van der Waals surface area (Å²) in [6.45, 7) is 1.58. The van der Waals surface area contributed by atoms with Crippen LogP contribution in [0.1, 0.15) is 6.92 Å². The maximum Gasteiger partial charge on any atom is 0.326 e. The minimum absolute atomic E-state index is 0.100. The highest BCUT2D eigenvalue weighted by Gasteiger charge is 2.20. The normalized spacial score (nSPS) is 12.2. The van der Waals surface area contributed by atoms with Crippen LogP contribution in [0.15, 0.2) is 24.4 Å². The molecular formula is C14H15FN2O3. The molecule has 20 heavy (non-hydrogen) atoms.